The largest absolute Gasteiger partial charge is 0.339 e. The Balaban J connectivity index is 1.30. The Bertz CT molecular complexity index is 727. The molecule has 5 nitrogen and oxygen atoms in total. The Labute approximate surface area is 158 Å². The monoisotopic (exact) mass is 373 g/mol. The van der Waals surface area contributed by atoms with Gasteiger partial charge in [0.05, 0.1) is 4.88 Å². The number of likely N-dealkylation sites (tertiary alicyclic amines) is 1. The normalized spacial score (nSPS) is 25.9. The van der Waals surface area contributed by atoms with Crippen LogP contribution in [0.1, 0.15) is 57.8 Å². The number of aryl methyl sites for hydroxylation is 1. The lowest BCUT2D eigenvalue weighted by molar-refractivity contribution is -0.139. The van der Waals surface area contributed by atoms with E-state index in [1.165, 1.54) is 25.7 Å². The van der Waals surface area contributed by atoms with Crippen LogP contribution in [0, 0.1) is 11.8 Å². The third kappa shape index (κ3) is 3.70. The van der Waals surface area contributed by atoms with Crippen molar-refractivity contribution in [1.82, 2.24) is 15.0 Å². The molecule has 3 heterocycles. The Kier molecular flexibility index (Phi) is 5.38. The van der Waals surface area contributed by atoms with Crippen molar-refractivity contribution in [2.45, 2.75) is 64.3 Å². The van der Waals surface area contributed by atoms with Crippen LogP contribution in [-0.4, -0.2) is 33.5 Å². The van der Waals surface area contributed by atoms with Crippen LogP contribution < -0.4 is 0 Å². The zero-order valence-electron chi connectivity index (χ0n) is 15.4. The molecular weight excluding hydrogens is 346 g/mol. The molecule has 4 rings (SSSR count). The summed E-state index contributed by atoms with van der Waals surface area (Å²) in [6, 6.07) is 4.45. The van der Waals surface area contributed by atoms with E-state index in [1.54, 1.807) is 11.3 Å². The molecule has 6 heteroatoms. The van der Waals surface area contributed by atoms with Gasteiger partial charge in [0.15, 0.2) is 0 Å². The van der Waals surface area contributed by atoms with Crippen molar-refractivity contribution in [3.05, 3.63) is 23.4 Å². The SMILES string of the molecule is CC1CCN(C(=O)CCCc2nc(-c3cccs3)no2)C2CCCCC12. The van der Waals surface area contributed by atoms with Crippen LogP contribution in [0.5, 0.6) is 0 Å². The summed E-state index contributed by atoms with van der Waals surface area (Å²) in [5.41, 5.74) is 0. The number of amides is 1. The van der Waals surface area contributed by atoms with Gasteiger partial charge < -0.3 is 9.42 Å². The quantitative estimate of drug-likeness (QED) is 0.771. The molecule has 2 aromatic rings. The van der Waals surface area contributed by atoms with Crippen LogP contribution in [0.3, 0.4) is 0 Å². The molecule has 3 atom stereocenters. The first kappa shape index (κ1) is 17.7. The van der Waals surface area contributed by atoms with E-state index in [4.69, 9.17) is 4.52 Å². The standard InChI is InChI=1S/C20H27N3O2S/c1-14-11-12-23(16-7-3-2-6-15(14)16)19(24)10-4-9-18-21-20(22-25-18)17-8-5-13-26-17/h5,8,13-16H,2-4,6-7,9-12H2,1H3. The molecule has 1 aliphatic carbocycles. The molecule has 3 unspecified atom stereocenters. The van der Waals surface area contributed by atoms with E-state index in [9.17, 15) is 4.79 Å². The van der Waals surface area contributed by atoms with E-state index in [-0.39, 0.29) is 0 Å². The molecule has 0 N–H and O–H groups in total. The number of piperidine rings is 1. The highest BCUT2D eigenvalue weighted by atomic mass is 32.1. The Morgan fingerprint density at radius 2 is 2.23 bits per heavy atom. The lowest BCUT2D eigenvalue weighted by atomic mass is 9.72. The minimum absolute atomic E-state index is 0.312. The topological polar surface area (TPSA) is 59.2 Å². The van der Waals surface area contributed by atoms with Crippen LogP contribution >= 0.6 is 11.3 Å². The maximum atomic E-state index is 12.8. The lowest BCUT2D eigenvalue weighted by Gasteiger charge is -2.47. The molecule has 0 spiro atoms. The van der Waals surface area contributed by atoms with Gasteiger partial charge in [-0.15, -0.1) is 11.3 Å². The predicted molar refractivity (Wildman–Crippen MR) is 102 cm³/mol. The zero-order chi connectivity index (χ0) is 17.9. The maximum Gasteiger partial charge on any atom is 0.226 e. The second kappa shape index (κ2) is 7.91. The van der Waals surface area contributed by atoms with Gasteiger partial charge in [-0.1, -0.05) is 31.0 Å². The Morgan fingerprint density at radius 3 is 3.08 bits per heavy atom. The van der Waals surface area contributed by atoms with Gasteiger partial charge in [0, 0.05) is 25.4 Å². The van der Waals surface area contributed by atoms with Gasteiger partial charge in [0.1, 0.15) is 0 Å². The van der Waals surface area contributed by atoms with Gasteiger partial charge in [-0.2, -0.15) is 4.98 Å². The third-order valence-corrected chi connectivity index (χ3v) is 6.92. The van der Waals surface area contributed by atoms with Gasteiger partial charge in [0.2, 0.25) is 17.6 Å². The number of rotatable bonds is 5. The van der Waals surface area contributed by atoms with Crippen molar-refractivity contribution in [2.24, 2.45) is 11.8 Å². The molecule has 140 valence electrons. The van der Waals surface area contributed by atoms with E-state index in [2.05, 4.69) is 22.0 Å². The van der Waals surface area contributed by atoms with Crippen molar-refractivity contribution in [3.8, 4) is 10.7 Å². The second-order valence-electron chi connectivity index (χ2n) is 7.71. The first-order chi connectivity index (χ1) is 12.7. The minimum atomic E-state index is 0.312. The highest BCUT2D eigenvalue weighted by Gasteiger charge is 2.38. The molecule has 0 aromatic carbocycles. The van der Waals surface area contributed by atoms with Crippen LogP contribution in [-0.2, 0) is 11.2 Å². The number of carbonyl (C=O) groups is 1. The third-order valence-electron chi connectivity index (χ3n) is 6.05. The number of carbonyl (C=O) groups excluding carboxylic acids is 1. The summed E-state index contributed by atoms with van der Waals surface area (Å²) in [4.78, 5) is 20.5. The fourth-order valence-electron chi connectivity index (χ4n) is 4.62. The molecule has 2 aromatic heterocycles. The van der Waals surface area contributed by atoms with E-state index >= 15 is 0 Å². The summed E-state index contributed by atoms with van der Waals surface area (Å²) >= 11 is 1.60. The first-order valence-electron chi connectivity index (χ1n) is 9.88. The van der Waals surface area contributed by atoms with Crippen molar-refractivity contribution in [3.63, 3.8) is 0 Å². The van der Waals surface area contributed by atoms with Crippen LogP contribution in [0.25, 0.3) is 10.7 Å². The summed E-state index contributed by atoms with van der Waals surface area (Å²) in [6.07, 6.45) is 8.26. The average molecular weight is 374 g/mol. The van der Waals surface area contributed by atoms with Gasteiger partial charge in [0.25, 0.3) is 0 Å². The van der Waals surface area contributed by atoms with Gasteiger partial charge >= 0.3 is 0 Å². The highest BCUT2D eigenvalue weighted by Crippen LogP contribution is 2.39. The van der Waals surface area contributed by atoms with Gasteiger partial charge in [-0.3, -0.25) is 4.79 Å². The lowest BCUT2D eigenvalue weighted by Crippen LogP contribution is -2.52. The maximum absolute atomic E-state index is 12.8. The molecular formula is C20H27N3O2S. The van der Waals surface area contributed by atoms with E-state index in [0.717, 1.165) is 30.2 Å². The molecule has 2 fully saturated rings. The fraction of sp³-hybridized carbons (Fsp3) is 0.650. The smallest absolute Gasteiger partial charge is 0.226 e. The Hall–Kier alpha value is -1.69. The van der Waals surface area contributed by atoms with Crippen molar-refractivity contribution in [2.75, 3.05) is 6.54 Å². The van der Waals surface area contributed by atoms with Crippen molar-refractivity contribution >= 4 is 17.2 Å². The second-order valence-corrected chi connectivity index (χ2v) is 8.66. The van der Waals surface area contributed by atoms with E-state index < -0.39 is 0 Å². The summed E-state index contributed by atoms with van der Waals surface area (Å²) in [6.45, 7) is 3.30. The number of thiophene rings is 1. The van der Waals surface area contributed by atoms with E-state index in [0.29, 0.717) is 42.4 Å². The van der Waals surface area contributed by atoms with Crippen molar-refractivity contribution < 1.29 is 9.32 Å². The molecule has 1 amide bonds. The minimum Gasteiger partial charge on any atom is -0.339 e. The summed E-state index contributed by atoms with van der Waals surface area (Å²) in [7, 11) is 0. The predicted octanol–water partition coefficient (Wildman–Crippen LogP) is 4.55. The average Bonchev–Trinajstić information content (AvgIpc) is 3.34. The number of aromatic nitrogens is 2. The molecule has 0 bridgehead atoms. The van der Waals surface area contributed by atoms with E-state index in [1.807, 2.05) is 17.5 Å². The summed E-state index contributed by atoms with van der Waals surface area (Å²) < 4.78 is 5.34. The van der Waals surface area contributed by atoms with Crippen LogP contribution in [0.4, 0.5) is 0 Å². The van der Waals surface area contributed by atoms with Crippen LogP contribution in [0.15, 0.2) is 22.0 Å². The molecule has 0 radical (unpaired) electrons. The molecule has 1 saturated carbocycles. The Morgan fingerprint density at radius 1 is 1.35 bits per heavy atom. The summed E-state index contributed by atoms with van der Waals surface area (Å²) in [5.74, 6) is 3.07. The number of nitrogens with zero attached hydrogens (tertiary/aromatic N) is 3. The molecule has 1 saturated heterocycles. The highest BCUT2D eigenvalue weighted by molar-refractivity contribution is 7.13. The molecule has 26 heavy (non-hydrogen) atoms. The number of hydrogen-bond donors (Lipinski definition) is 0. The number of hydrogen-bond acceptors (Lipinski definition) is 5. The van der Waals surface area contributed by atoms with Crippen LogP contribution in [0.2, 0.25) is 0 Å². The number of fused-ring (bicyclic) bond motifs is 1. The summed E-state index contributed by atoms with van der Waals surface area (Å²) in [5, 5.41) is 6.04. The van der Waals surface area contributed by atoms with Gasteiger partial charge in [-0.05, 0) is 49.0 Å². The van der Waals surface area contributed by atoms with Gasteiger partial charge in [-0.25, -0.2) is 0 Å². The zero-order valence-corrected chi connectivity index (χ0v) is 16.2. The molecule has 2 aliphatic rings. The first-order valence-corrected chi connectivity index (χ1v) is 10.8. The van der Waals surface area contributed by atoms with Crippen molar-refractivity contribution in [1.29, 1.82) is 0 Å². The fourth-order valence-corrected chi connectivity index (χ4v) is 5.27. The molecule has 1 aliphatic heterocycles.